The molecule has 0 aliphatic rings. The number of thiazole rings is 2. The summed E-state index contributed by atoms with van der Waals surface area (Å²) in [6.45, 7) is 0. The molecule has 0 fully saturated rings. The van der Waals surface area contributed by atoms with Crippen molar-refractivity contribution in [2.45, 2.75) is 0 Å². The van der Waals surface area contributed by atoms with Crippen molar-refractivity contribution in [1.29, 1.82) is 0 Å². The summed E-state index contributed by atoms with van der Waals surface area (Å²) >= 11 is 3.40. The first kappa shape index (κ1) is 22.3. The quantitative estimate of drug-likeness (QED) is 0.225. The van der Waals surface area contributed by atoms with Crippen LogP contribution in [0.1, 0.15) is 0 Å². The molecule has 0 amide bonds. The highest BCUT2D eigenvalue weighted by atomic mass is 32.1. The smallest absolute Gasteiger partial charge is 0.124 e. The van der Waals surface area contributed by atoms with E-state index < -0.39 is 0 Å². The zero-order valence-electron chi connectivity index (χ0n) is 20.7. The Hall–Kier alpha value is -4.65. The van der Waals surface area contributed by atoms with Gasteiger partial charge in [0.1, 0.15) is 10.0 Å². The van der Waals surface area contributed by atoms with Gasteiger partial charge in [0.2, 0.25) is 0 Å². The Labute approximate surface area is 232 Å². The number of aromatic nitrogens is 4. The average Bonchev–Trinajstić information content (AvgIpc) is 3.75. The number of nitrogens with zero attached hydrogens (tertiary/aromatic N) is 4. The van der Waals surface area contributed by atoms with Crippen molar-refractivity contribution in [3.63, 3.8) is 0 Å². The molecule has 6 heteroatoms. The van der Waals surface area contributed by atoms with E-state index in [1.54, 1.807) is 22.7 Å². The zero-order valence-corrected chi connectivity index (χ0v) is 22.3. The number of benzene rings is 4. The van der Waals surface area contributed by atoms with Crippen LogP contribution in [-0.4, -0.2) is 19.5 Å². The number of hydrogen-bond acceptors (Lipinski definition) is 5. The fourth-order valence-corrected chi connectivity index (χ4v) is 6.97. The number of para-hydroxylation sites is 2. The fourth-order valence-electron chi connectivity index (χ4n) is 5.36. The van der Waals surface area contributed by atoms with Gasteiger partial charge in [0.15, 0.2) is 0 Å². The third-order valence-electron chi connectivity index (χ3n) is 7.04. The van der Waals surface area contributed by atoms with E-state index in [-0.39, 0.29) is 0 Å². The lowest BCUT2D eigenvalue weighted by Crippen LogP contribution is -1.95. The molecule has 0 atom stereocenters. The zero-order chi connectivity index (χ0) is 25.8. The van der Waals surface area contributed by atoms with Gasteiger partial charge in [-0.3, -0.25) is 4.98 Å². The van der Waals surface area contributed by atoms with Gasteiger partial charge in [0.25, 0.3) is 0 Å². The summed E-state index contributed by atoms with van der Waals surface area (Å²) < 4.78 is 3.55. The molecule has 0 spiro atoms. The van der Waals surface area contributed by atoms with Gasteiger partial charge in [-0.05, 0) is 54.6 Å². The van der Waals surface area contributed by atoms with E-state index in [1.807, 2.05) is 36.0 Å². The molecule has 4 aromatic heterocycles. The van der Waals surface area contributed by atoms with Gasteiger partial charge in [0, 0.05) is 50.9 Å². The van der Waals surface area contributed by atoms with Crippen molar-refractivity contribution in [2.24, 2.45) is 0 Å². The molecule has 8 rings (SSSR count). The molecule has 39 heavy (non-hydrogen) atoms. The van der Waals surface area contributed by atoms with Crippen LogP contribution < -0.4 is 0 Å². The van der Waals surface area contributed by atoms with E-state index in [1.165, 1.54) is 15.5 Å². The molecular weight excluding hydrogens is 517 g/mol. The summed E-state index contributed by atoms with van der Waals surface area (Å²) in [5, 5.41) is 6.47. The van der Waals surface area contributed by atoms with E-state index in [4.69, 9.17) is 9.97 Å². The lowest BCUT2D eigenvalue weighted by atomic mass is 10.0. The lowest BCUT2D eigenvalue weighted by molar-refractivity contribution is 1.18. The maximum absolute atomic E-state index is 5.01. The molecule has 0 aliphatic heterocycles. The minimum Gasteiger partial charge on any atom is -0.309 e. The second-order valence-electron chi connectivity index (χ2n) is 9.36. The highest BCUT2D eigenvalue weighted by molar-refractivity contribution is 7.21. The largest absolute Gasteiger partial charge is 0.309 e. The van der Waals surface area contributed by atoms with Gasteiger partial charge < -0.3 is 4.57 Å². The first-order valence-corrected chi connectivity index (χ1v) is 14.4. The summed E-state index contributed by atoms with van der Waals surface area (Å²) in [7, 11) is 0. The fraction of sp³-hybridized carbons (Fsp3) is 0. The summed E-state index contributed by atoms with van der Waals surface area (Å²) in [4.78, 5) is 14.3. The van der Waals surface area contributed by atoms with Crippen molar-refractivity contribution in [1.82, 2.24) is 19.5 Å². The normalized spacial score (nSPS) is 11.6. The lowest BCUT2D eigenvalue weighted by Gasteiger charge is -2.11. The van der Waals surface area contributed by atoms with E-state index in [2.05, 4.69) is 94.5 Å². The molecule has 0 saturated heterocycles. The number of hydrogen-bond donors (Lipinski definition) is 0. The Morgan fingerprint density at radius 3 is 2.41 bits per heavy atom. The van der Waals surface area contributed by atoms with Crippen LogP contribution in [0.3, 0.4) is 0 Å². The molecule has 0 saturated carbocycles. The molecule has 184 valence electrons. The Balaban J connectivity index is 1.46. The van der Waals surface area contributed by atoms with Crippen LogP contribution in [0.5, 0.6) is 0 Å². The SMILES string of the molecule is c1ccc(-c2cccc(-n3c4ccccc4c4c(-c5nccs5)cc(-c5nc6ccccc6s5)cc43)c2)nc1. The third-order valence-corrected chi connectivity index (χ3v) is 8.93. The predicted molar refractivity (Wildman–Crippen MR) is 164 cm³/mol. The average molecular weight is 537 g/mol. The highest BCUT2D eigenvalue weighted by Crippen LogP contribution is 2.43. The van der Waals surface area contributed by atoms with E-state index in [9.17, 15) is 0 Å². The standard InChI is InChI=1S/C33H20N4S2/c1-3-13-28-24(10-1)31-25(33-35-16-17-38-33)19-22(32-36-27-12-2-4-14-30(27)39-32)20-29(31)37(28)23-9-7-8-21(18-23)26-11-5-6-15-34-26/h1-20H. The monoisotopic (exact) mass is 536 g/mol. The Morgan fingerprint density at radius 1 is 0.641 bits per heavy atom. The van der Waals surface area contributed by atoms with E-state index in [0.717, 1.165) is 54.6 Å². The molecule has 8 aromatic rings. The van der Waals surface area contributed by atoms with Gasteiger partial charge in [0.05, 0.1) is 26.9 Å². The van der Waals surface area contributed by atoms with E-state index >= 15 is 0 Å². The minimum absolute atomic E-state index is 0.957. The first-order valence-electron chi connectivity index (χ1n) is 12.7. The Morgan fingerprint density at radius 2 is 1.54 bits per heavy atom. The summed E-state index contributed by atoms with van der Waals surface area (Å²) in [6.07, 6.45) is 3.72. The minimum atomic E-state index is 0.957. The van der Waals surface area contributed by atoms with Crippen LogP contribution in [0.2, 0.25) is 0 Å². The molecule has 0 unspecified atom stereocenters. The second-order valence-corrected chi connectivity index (χ2v) is 11.3. The summed E-state index contributed by atoms with van der Waals surface area (Å²) in [6, 6.07) is 36.2. The summed E-state index contributed by atoms with van der Waals surface area (Å²) in [5.41, 5.74) is 8.68. The maximum Gasteiger partial charge on any atom is 0.124 e. The molecule has 0 bridgehead atoms. The predicted octanol–water partition coefficient (Wildman–Crippen LogP) is 9.25. The molecule has 4 nitrogen and oxygen atoms in total. The van der Waals surface area contributed by atoms with E-state index in [0.29, 0.717) is 0 Å². The van der Waals surface area contributed by atoms with Crippen molar-refractivity contribution in [3.05, 3.63) is 121 Å². The van der Waals surface area contributed by atoms with Crippen LogP contribution in [0.4, 0.5) is 0 Å². The Bertz CT molecular complexity index is 2090. The van der Waals surface area contributed by atoms with Crippen LogP contribution in [0.25, 0.3) is 70.1 Å². The molecule has 0 radical (unpaired) electrons. The van der Waals surface area contributed by atoms with Crippen molar-refractivity contribution in [2.75, 3.05) is 0 Å². The van der Waals surface area contributed by atoms with Gasteiger partial charge in [-0.2, -0.15) is 0 Å². The number of fused-ring (bicyclic) bond motifs is 4. The number of rotatable bonds is 4. The first-order chi connectivity index (χ1) is 19.3. The van der Waals surface area contributed by atoms with Gasteiger partial charge in [-0.25, -0.2) is 9.97 Å². The van der Waals surface area contributed by atoms with Crippen molar-refractivity contribution in [3.8, 4) is 38.1 Å². The van der Waals surface area contributed by atoms with Crippen LogP contribution >= 0.6 is 22.7 Å². The van der Waals surface area contributed by atoms with Gasteiger partial charge >= 0.3 is 0 Å². The molecule has 4 heterocycles. The Kier molecular flexibility index (Phi) is 5.14. The van der Waals surface area contributed by atoms with Crippen molar-refractivity contribution >= 4 is 54.7 Å². The third kappa shape index (κ3) is 3.68. The van der Waals surface area contributed by atoms with Gasteiger partial charge in [-0.1, -0.05) is 48.5 Å². The number of pyridine rings is 1. The topological polar surface area (TPSA) is 43.6 Å². The van der Waals surface area contributed by atoms with Crippen molar-refractivity contribution < 1.29 is 0 Å². The molecule has 0 aliphatic carbocycles. The molecule has 0 N–H and O–H groups in total. The maximum atomic E-state index is 5.01. The summed E-state index contributed by atoms with van der Waals surface area (Å²) in [5.74, 6) is 0. The highest BCUT2D eigenvalue weighted by Gasteiger charge is 2.20. The van der Waals surface area contributed by atoms with Crippen LogP contribution in [0.15, 0.2) is 121 Å². The molecule has 4 aromatic carbocycles. The molecular formula is C33H20N4S2. The van der Waals surface area contributed by atoms with Crippen LogP contribution in [-0.2, 0) is 0 Å². The van der Waals surface area contributed by atoms with Crippen LogP contribution in [0, 0.1) is 0 Å². The van der Waals surface area contributed by atoms with Gasteiger partial charge in [-0.15, -0.1) is 22.7 Å². The second kappa shape index (κ2) is 8.98.